The van der Waals surface area contributed by atoms with Gasteiger partial charge in [0.15, 0.2) is 0 Å². The van der Waals surface area contributed by atoms with Crippen LogP contribution in [0.4, 0.5) is 5.95 Å². The predicted octanol–water partition coefficient (Wildman–Crippen LogP) is 2.15. The van der Waals surface area contributed by atoms with E-state index in [1.807, 2.05) is 20.0 Å². The van der Waals surface area contributed by atoms with E-state index in [1.54, 1.807) is 0 Å². The number of piperidine rings is 1. The van der Waals surface area contributed by atoms with Crippen molar-refractivity contribution < 1.29 is 4.74 Å². The largest absolute Gasteiger partial charge is 0.478 e. The van der Waals surface area contributed by atoms with Crippen molar-refractivity contribution in [3.63, 3.8) is 0 Å². The number of aromatic nitrogens is 2. The first kappa shape index (κ1) is 15.0. The first-order valence-electron chi connectivity index (χ1n) is 7.64. The zero-order valence-corrected chi connectivity index (χ0v) is 12.9. The summed E-state index contributed by atoms with van der Waals surface area (Å²) < 4.78 is 5.67. The van der Waals surface area contributed by atoms with E-state index in [-0.39, 0.29) is 0 Å². The van der Waals surface area contributed by atoms with Gasteiger partial charge >= 0.3 is 0 Å². The van der Waals surface area contributed by atoms with Gasteiger partial charge in [-0.25, -0.2) is 4.98 Å². The van der Waals surface area contributed by atoms with Gasteiger partial charge in [-0.1, -0.05) is 6.92 Å². The van der Waals surface area contributed by atoms with E-state index >= 15 is 0 Å². The Kier molecular flexibility index (Phi) is 5.59. The number of hydrogen-bond acceptors (Lipinski definition) is 5. The lowest BCUT2D eigenvalue weighted by atomic mass is 10.0. The predicted molar refractivity (Wildman–Crippen MR) is 81.5 cm³/mol. The monoisotopic (exact) mass is 278 g/mol. The lowest BCUT2D eigenvalue weighted by Crippen LogP contribution is -2.45. The van der Waals surface area contributed by atoms with Crippen LogP contribution in [0.1, 0.15) is 38.3 Å². The summed E-state index contributed by atoms with van der Waals surface area (Å²) in [6.45, 7) is 6.81. The van der Waals surface area contributed by atoms with Gasteiger partial charge in [-0.15, -0.1) is 0 Å². The normalized spacial score (nSPS) is 19.1. The number of ether oxygens (including phenoxy) is 1. The number of hydrogen-bond donors (Lipinski definition) is 1. The van der Waals surface area contributed by atoms with Gasteiger partial charge in [-0.05, 0) is 39.7 Å². The van der Waals surface area contributed by atoms with Gasteiger partial charge in [0.1, 0.15) is 0 Å². The molecule has 1 unspecified atom stereocenters. The highest BCUT2D eigenvalue weighted by Gasteiger charge is 2.24. The van der Waals surface area contributed by atoms with E-state index < -0.39 is 0 Å². The van der Waals surface area contributed by atoms with Crippen LogP contribution in [0.25, 0.3) is 0 Å². The highest BCUT2D eigenvalue weighted by atomic mass is 16.5. The average Bonchev–Trinajstić information content (AvgIpc) is 2.45. The molecule has 1 fully saturated rings. The Labute approximate surface area is 121 Å². The molecule has 1 aromatic rings. The smallest absolute Gasteiger partial charge is 0.229 e. The molecule has 0 aliphatic carbocycles. The highest BCUT2D eigenvalue weighted by Crippen LogP contribution is 2.23. The van der Waals surface area contributed by atoms with E-state index in [9.17, 15) is 0 Å². The topological polar surface area (TPSA) is 50.3 Å². The zero-order valence-electron chi connectivity index (χ0n) is 12.9. The summed E-state index contributed by atoms with van der Waals surface area (Å²) in [4.78, 5) is 11.5. The Morgan fingerprint density at radius 2 is 2.25 bits per heavy atom. The van der Waals surface area contributed by atoms with Crippen LogP contribution >= 0.6 is 0 Å². The van der Waals surface area contributed by atoms with Gasteiger partial charge in [-0.3, -0.25) is 0 Å². The molecule has 1 aromatic heterocycles. The maximum atomic E-state index is 5.67. The number of likely N-dealkylation sites (N-methyl/N-ethyl adjacent to an activating group) is 1. The van der Waals surface area contributed by atoms with E-state index in [0.717, 1.165) is 31.2 Å². The summed E-state index contributed by atoms with van der Waals surface area (Å²) in [6, 6.07) is 2.39. The van der Waals surface area contributed by atoms with Crippen molar-refractivity contribution in [1.82, 2.24) is 15.3 Å². The minimum Gasteiger partial charge on any atom is -0.478 e. The van der Waals surface area contributed by atoms with Crippen molar-refractivity contribution in [3.05, 3.63) is 11.8 Å². The Balaban J connectivity index is 2.18. The second-order valence-corrected chi connectivity index (χ2v) is 5.40. The number of anilines is 1. The molecule has 0 aromatic carbocycles. The second kappa shape index (κ2) is 7.43. The molecule has 1 N–H and O–H groups in total. The molecular weight excluding hydrogens is 252 g/mol. The summed E-state index contributed by atoms with van der Waals surface area (Å²) in [5, 5.41) is 3.27. The molecule has 2 rings (SSSR count). The van der Waals surface area contributed by atoms with Gasteiger partial charge < -0.3 is 15.0 Å². The number of aryl methyl sites for hydroxylation is 1. The third kappa shape index (κ3) is 3.82. The van der Waals surface area contributed by atoms with Gasteiger partial charge in [0.05, 0.1) is 6.61 Å². The van der Waals surface area contributed by atoms with Crippen molar-refractivity contribution in [2.75, 3.05) is 31.6 Å². The molecule has 0 spiro atoms. The molecular formula is C15H26N4O. The number of nitrogens with zero attached hydrogens (tertiary/aromatic N) is 3. The lowest BCUT2D eigenvalue weighted by molar-refractivity contribution is 0.303. The summed E-state index contributed by atoms with van der Waals surface area (Å²) >= 11 is 0. The molecule has 1 aliphatic rings. The summed E-state index contributed by atoms with van der Waals surface area (Å²) in [6.07, 6.45) is 4.68. The molecule has 0 radical (unpaired) electrons. The molecule has 5 heteroatoms. The Bertz CT molecular complexity index is 422. The highest BCUT2D eigenvalue weighted by molar-refractivity contribution is 5.36. The van der Waals surface area contributed by atoms with Crippen LogP contribution in [0.3, 0.4) is 0 Å². The Morgan fingerprint density at radius 1 is 1.40 bits per heavy atom. The SMILES string of the molecule is CCCOc1cc(C)nc(N2CCCCC2CNC)n1. The van der Waals surface area contributed by atoms with E-state index in [4.69, 9.17) is 4.74 Å². The van der Waals surface area contributed by atoms with Gasteiger partial charge in [0.25, 0.3) is 0 Å². The molecule has 1 atom stereocenters. The molecule has 0 amide bonds. The van der Waals surface area contributed by atoms with Crippen molar-refractivity contribution >= 4 is 5.95 Å². The molecule has 0 bridgehead atoms. The molecule has 1 saturated heterocycles. The Hall–Kier alpha value is -1.36. The van der Waals surface area contributed by atoms with Gasteiger partial charge in [0.2, 0.25) is 11.8 Å². The van der Waals surface area contributed by atoms with Gasteiger partial charge in [-0.2, -0.15) is 4.98 Å². The molecule has 1 aliphatic heterocycles. The van der Waals surface area contributed by atoms with Crippen LogP contribution in [-0.4, -0.2) is 42.8 Å². The molecule has 0 saturated carbocycles. The Morgan fingerprint density at radius 3 is 3.00 bits per heavy atom. The van der Waals surface area contributed by atoms with Crippen LogP contribution < -0.4 is 15.0 Å². The third-order valence-electron chi connectivity index (χ3n) is 3.60. The maximum absolute atomic E-state index is 5.67. The van der Waals surface area contributed by atoms with E-state index in [1.165, 1.54) is 19.3 Å². The fourth-order valence-electron chi connectivity index (χ4n) is 2.65. The van der Waals surface area contributed by atoms with Crippen LogP contribution in [0.15, 0.2) is 6.07 Å². The summed E-state index contributed by atoms with van der Waals surface area (Å²) in [5.74, 6) is 1.51. The first-order valence-corrected chi connectivity index (χ1v) is 7.64. The zero-order chi connectivity index (χ0) is 14.4. The standard InChI is InChI=1S/C15H26N4O/c1-4-9-20-14-10-12(2)17-15(18-14)19-8-6-5-7-13(19)11-16-3/h10,13,16H,4-9,11H2,1-3H3. The number of nitrogens with one attached hydrogen (secondary N) is 1. The summed E-state index contributed by atoms with van der Waals surface area (Å²) in [7, 11) is 2.00. The quantitative estimate of drug-likeness (QED) is 0.864. The fraction of sp³-hybridized carbons (Fsp3) is 0.733. The van der Waals surface area contributed by atoms with Crippen LogP contribution in [0, 0.1) is 6.92 Å². The lowest BCUT2D eigenvalue weighted by Gasteiger charge is -2.35. The first-order chi connectivity index (χ1) is 9.74. The van der Waals surface area contributed by atoms with E-state index in [0.29, 0.717) is 18.5 Å². The van der Waals surface area contributed by atoms with Crippen LogP contribution in [0.2, 0.25) is 0 Å². The van der Waals surface area contributed by atoms with Crippen molar-refractivity contribution in [2.24, 2.45) is 0 Å². The minimum atomic E-state index is 0.481. The number of rotatable bonds is 6. The van der Waals surface area contributed by atoms with Gasteiger partial charge in [0, 0.05) is 30.9 Å². The van der Waals surface area contributed by atoms with Crippen molar-refractivity contribution in [1.29, 1.82) is 0 Å². The molecule has 20 heavy (non-hydrogen) atoms. The maximum Gasteiger partial charge on any atom is 0.229 e. The third-order valence-corrected chi connectivity index (χ3v) is 3.60. The molecule has 2 heterocycles. The fourth-order valence-corrected chi connectivity index (χ4v) is 2.65. The van der Waals surface area contributed by atoms with Crippen molar-refractivity contribution in [2.45, 2.75) is 45.6 Å². The van der Waals surface area contributed by atoms with Crippen LogP contribution in [0.5, 0.6) is 5.88 Å². The van der Waals surface area contributed by atoms with Crippen LogP contribution in [-0.2, 0) is 0 Å². The minimum absolute atomic E-state index is 0.481. The second-order valence-electron chi connectivity index (χ2n) is 5.40. The van der Waals surface area contributed by atoms with E-state index in [2.05, 4.69) is 27.1 Å². The van der Waals surface area contributed by atoms with Crippen molar-refractivity contribution in [3.8, 4) is 5.88 Å². The molecule has 5 nitrogen and oxygen atoms in total. The average molecular weight is 278 g/mol. The summed E-state index contributed by atoms with van der Waals surface area (Å²) in [5.41, 5.74) is 0.967. The molecule has 112 valence electrons.